The number of nitrogens with zero attached hydrogens (tertiary/aromatic N) is 1. The fourth-order valence-corrected chi connectivity index (χ4v) is 1.94. The van der Waals surface area contributed by atoms with E-state index in [1.54, 1.807) is 14.2 Å². The summed E-state index contributed by atoms with van der Waals surface area (Å²) in [6.07, 6.45) is 0.946. The summed E-state index contributed by atoms with van der Waals surface area (Å²) in [6.45, 7) is 2.18. The average molecular weight is 403 g/mol. The van der Waals surface area contributed by atoms with E-state index in [1.807, 2.05) is 30.3 Å². The number of ether oxygens (including phenoxy) is 1. The van der Waals surface area contributed by atoms with Crippen LogP contribution in [0.15, 0.2) is 39.7 Å². The molecule has 21 heavy (non-hydrogen) atoms. The molecule has 0 atom stereocenters. The van der Waals surface area contributed by atoms with Gasteiger partial charge in [0, 0.05) is 32.7 Å². The van der Waals surface area contributed by atoms with Gasteiger partial charge >= 0.3 is 0 Å². The first-order valence-electron chi connectivity index (χ1n) is 6.74. The van der Waals surface area contributed by atoms with Crippen molar-refractivity contribution in [3.8, 4) is 0 Å². The van der Waals surface area contributed by atoms with Crippen LogP contribution in [0, 0.1) is 0 Å². The molecule has 0 amide bonds. The van der Waals surface area contributed by atoms with E-state index in [2.05, 4.69) is 15.6 Å². The molecule has 0 aliphatic heterocycles. The molecule has 6 heteroatoms. The molecule has 0 fully saturated rings. The number of benzene rings is 1. The van der Waals surface area contributed by atoms with E-state index in [-0.39, 0.29) is 24.0 Å². The molecule has 5 nitrogen and oxygen atoms in total. The molecule has 0 aliphatic carbocycles. The van der Waals surface area contributed by atoms with Crippen molar-refractivity contribution in [2.45, 2.75) is 13.0 Å². The number of guanidine groups is 1. The zero-order valence-corrected chi connectivity index (χ0v) is 14.7. The third kappa shape index (κ3) is 5.55. The van der Waals surface area contributed by atoms with Crippen molar-refractivity contribution in [2.24, 2.45) is 4.99 Å². The number of aliphatic imine (C=N–C) groups is 1. The van der Waals surface area contributed by atoms with Crippen molar-refractivity contribution in [2.75, 3.05) is 27.3 Å². The number of nitrogens with one attached hydrogen (secondary N) is 2. The zero-order valence-electron chi connectivity index (χ0n) is 12.4. The van der Waals surface area contributed by atoms with Gasteiger partial charge in [-0.15, -0.1) is 24.0 Å². The highest BCUT2D eigenvalue weighted by molar-refractivity contribution is 14.0. The number of halogens is 1. The van der Waals surface area contributed by atoms with Crippen LogP contribution >= 0.6 is 24.0 Å². The van der Waals surface area contributed by atoms with Crippen LogP contribution in [0.5, 0.6) is 0 Å². The Morgan fingerprint density at radius 3 is 2.81 bits per heavy atom. The summed E-state index contributed by atoms with van der Waals surface area (Å²) in [4.78, 5) is 4.17. The Balaban J connectivity index is 0.00000220. The molecule has 2 aromatic rings. The molecule has 116 valence electrons. The lowest BCUT2D eigenvalue weighted by atomic mass is 10.2. The molecule has 0 bridgehead atoms. The minimum atomic E-state index is 0. The number of hydrogen-bond acceptors (Lipinski definition) is 3. The standard InChI is InChI=1S/C15H21N3O2.HI/c1-16-15(17-8-5-9-19-2)18-11-13-10-12-6-3-4-7-14(12)20-13;/h3-4,6-7,10H,5,8-9,11H2,1-2H3,(H2,16,17,18);1H. The predicted octanol–water partition coefficient (Wildman–Crippen LogP) is 2.75. The second kappa shape index (κ2) is 9.62. The molecule has 2 N–H and O–H groups in total. The summed E-state index contributed by atoms with van der Waals surface area (Å²) < 4.78 is 10.7. The van der Waals surface area contributed by atoms with Gasteiger partial charge in [0.2, 0.25) is 0 Å². The molecule has 0 spiro atoms. The molecule has 2 rings (SSSR count). The van der Waals surface area contributed by atoms with E-state index < -0.39 is 0 Å². The lowest BCUT2D eigenvalue weighted by Crippen LogP contribution is -2.37. The van der Waals surface area contributed by atoms with Crippen LogP contribution < -0.4 is 10.6 Å². The molecule has 0 saturated carbocycles. The van der Waals surface area contributed by atoms with Crippen LogP contribution in [0.3, 0.4) is 0 Å². The van der Waals surface area contributed by atoms with E-state index in [0.29, 0.717) is 6.54 Å². The average Bonchev–Trinajstić information content (AvgIpc) is 2.89. The van der Waals surface area contributed by atoms with Gasteiger partial charge in [-0.05, 0) is 18.6 Å². The van der Waals surface area contributed by atoms with Crippen molar-refractivity contribution in [1.29, 1.82) is 0 Å². The minimum absolute atomic E-state index is 0. The van der Waals surface area contributed by atoms with Gasteiger partial charge in [-0.3, -0.25) is 4.99 Å². The number of rotatable bonds is 6. The van der Waals surface area contributed by atoms with Crippen molar-refractivity contribution < 1.29 is 9.15 Å². The molecule has 0 unspecified atom stereocenters. The van der Waals surface area contributed by atoms with Gasteiger partial charge in [0.15, 0.2) is 5.96 Å². The minimum Gasteiger partial charge on any atom is -0.459 e. The van der Waals surface area contributed by atoms with Crippen LogP contribution in [0.4, 0.5) is 0 Å². The molecule has 0 radical (unpaired) electrons. The van der Waals surface area contributed by atoms with Crippen molar-refractivity contribution >= 4 is 40.9 Å². The third-order valence-electron chi connectivity index (χ3n) is 2.95. The van der Waals surface area contributed by atoms with E-state index in [1.165, 1.54) is 0 Å². The largest absolute Gasteiger partial charge is 0.459 e. The second-order valence-electron chi connectivity index (χ2n) is 4.45. The van der Waals surface area contributed by atoms with Gasteiger partial charge in [-0.1, -0.05) is 18.2 Å². The van der Waals surface area contributed by atoms with Crippen LogP contribution in [0.25, 0.3) is 11.0 Å². The monoisotopic (exact) mass is 403 g/mol. The second-order valence-corrected chi connectivity index (χ2v) is 4.45. The Morgan fingerprint density at radius 1 is 1.29 bits per heavy atom. The number of methoxy groups -OCH3 is 1. The Hall–Kier alpha value is -1.28. The molecular formula is C15H22IN3O2. The summed E-state index contributed by atoms with van der Waals surface area (Å²) in [5.74, 6) is 1.66. The van der Waals surface area contributed by atoms with Gasteiger partial charge < -0.3 is 19.8 Å². The van der Waals surface area contributed by atoms with Gasteiger partial charge in [0.25, 0.3) is 0 Å². The van der Waals surface area contributed by atoms with Gasteiger partial charge in [-0.2, -0.15) is 0 Å². The Bertz CT molecular complexity index is 536. The fraction of sp³-hybridized carbons (Fsp3) is 0.400. The lowest BCUT2D eigenvalue weighted by molar-refractivity contribution is 0.195. The molecule has 1 heterocycles. The third-order valence-corrected chi connectivity index (χ3v) is 2.95. The van der Waals surface area contributed by atoms with Crippen molar-refractivity contribution in [3.05, 3.63) is 36.1 Å². The van der Waals surface area contributed by atoms with Crippen LogP contribution in [0.1, 0.15) is 12.2 Å². The first kappa shape index (κ1) is 17.8. The van der Waals surface area contributed by atoms with Gasteiger partial charge in [-0.25, -0.2) is 0 Å². The van der Waals surface area contributed by atoms with Crippen LogP contribution in [-0.2, 0) is 11.3 Å². The Morgan fingerprint density at radius 2 is 2.10 bits per heavy atom. The first-order valence-corrected chi connectivity index (χ1v) is 6.74. The van der Waals surface area contributed by atoms with Gasteiger partial charge in [0.05, 0.1) is 6.54 Å². The maximum atomic E-state index is 5.74. The van der Waals surface area contributed by atoms with Crippen molar-refractivity contribution in [3.63, 3.8) is 0 Å². The van der Waals surface area contributed by atoms with Crippen LogP contribution in [0.2, 0.25) is 0 Å². The highest BCUT2D eigenvalue weighted by Gasteiger charge is 2.04. The highest BCUT2D eigenvalue weighted by Crippen LogP contribution is 2.18. The number of fused-ring (bicyclic) bond motifs is 1. The SMILES string of the molecule is CN=C(NCCCOC)NCc1cc2ccccc2o1.I. The highest BCUT2D eigenvalue weighted by atomic mass is 127. The summed E-state index contributed by atoms with van der Waals surface area (Å²) in [5.41, 5.74) is 0.910. The Kier molecular flexibility index (Phi) is 8.14. The van der Waals surface area contributed by atoms with E-state index in [9.17, 15) is 0 Å². The van der Waals surface area contributed by atoms with Crippen molar-refractivity contribution in [1.82, 2.24) is 10.6 Å². The normalized spacial score (nSPS) is 11.2. The summed E-state index contributed by atoms with van der Waals surface area (Å²) in [7, 11) is 3.46. The zero-order chi connectivity index (χ0) is 14.2. The smallest absolute Gasteiger partial charge is 0.191 e. The Labute approximate surface area is 142 Å². The lowest BCUT2D eigenvalue weighted by Gasteiger charge is -2.10. The molecule has 0 saturated heterocycles. The number of para-hydroxylation sites is 1. The first-order chi connectivity index (χ1) is 9.83. The fourth-order valence-electron chi connectivity index (χ4n) is 1.94. The topological polar surface area (TPSA) is 58.8 Å². The van der Waals surface area contributed by atoms with E-state index in [0.717, 1.165) is 42.3 Å². The summed E-state index contributed by atoms with van der Waals surface area (Å²) in [6, 6.07) is 10.0. The quantitative estimate of drug-likeness (QED) is 0.337. The van der Waals surface area contributed by atoms with E-state index in [4.69, 9.17) is 9.15 Å². The summed E-state index contributed by atoms with van der Waals surface area (Å²) >= 11 is 0. The van der Waals surface area contributed by atoms with Gasteiger partial charge in [0.1, 0.15) is 11.3 Å². The predicted molar refractivity (Wildman–Crippen MR) is 96.3 cm³/mol. The maximum absolute atomic E-state index is 5.74. The molecular weight excluding hydrogens is 381 g/mol. The molecule has 0 aliphatic rings. The molecule has 1 aromatic carbocycles. The summed E-state index contributed by atoms with van der Waals surface area (Å²) in [5, 5.41) is 7.57. The molecule has 1 aromatic heterocycles. The van der Waals surface area contributed by atoms with E-state index >= 15 is 0 Å². The maximum Gasteiger partial charge on any atom is 0.191 e. The van der Waals surface area contributed by atoms with Crippen LogP contribution in [-0.4, -0.2) is 33.3 Å². The number of furan rings is 1. The number of hydrogen-bond donors (Lipinski definition) is 2.